The Bertz CT molecular complexity index is 576. The molecule has 0 aliphatic rings. The molecule has 2 aromatic rings. The number of pyridine rings is 1. The normalized spacial score (nSPS) is 10.9. The van der Waals surface area contributed by atoms with Gasteiger partial charge in [0, 0.05) is 36.1 Å². The molecule has 0 spiro atoms. The number of hydrogen-bond acceptors (Lipinski definition) is 3. The van der Waals surface area contributed by atoms with Crippen molar-refractivity contribution in [3.05, 3.63) is 53.3 Å². The fourth-order valence-electron chi connectivity index (χ4n) is 2.03. The summed E-state index contributed by atoms with van der Waals surface area (Å²) in [5.74, 6) is 1.74. The molecule has 0 fully saturated rings. The molecule has 3 nitrogen and oxygen atoms in total. The molecule has 0 saturated heterocycles. The van der Waals surface area contributed by atoms with Gasteiger partial charge in [-0.1, -0.05) is 32.9 Å². The van der Waals surface area contributed by atoms with Crippen molar-refractivity contribution < 1.29 is 4.74 Å². The molecule has 0 aliphatic heterocycles. The number of ether oxygens (including phenoxy) is 1. The number of benzene rings is 1. The Morgan fingerprint density at radius 3 is 2.52 bits per heavy atom. The van der Waals surface area contributed by atoms with Gasteiger partial charge in [0.2, 0.25) is 0 Å². The van der Waals surface area contributed by atoms with Crippen LogP contribution in [0.5, 0.6) is 11.5 Å². The minimum Gasteiger partial charge on any atom is -0.457 e. The van der Waals surface area contributed by atoms with Gasteiger partial charge in [0.25, 0.3) is 0 Å². The molecule has 21 heavy (non-hydrogen) atoms. The Morgan fingerprint density at radius 2 is 1.90 bits per heavy atom. The molecule has 1 aromatic heterocycles. The van der Waals surface area contributed by atoms with E-state index in [-0.39, 0.29) is 0 Å². The maximum absolute atomic E-state index is 6.04. The van der Waals surface area contributed by atoms with E-state index in [1.54, 1.807) is 0 Å². The summed E-state index contributed by atoms with van der Waals surface area (Å²) in [5.41, 5.74) is 3.35. The molecule has 112 valence electrons. The van der Waals surface area contributed by atoms with E-state index in [4.69, 9.17) is 4.74 Å². The third-order valence-electron chi connectivity index (χ3n) is 3.34. The van der Waals surface area contributed by atoms with Gasteiger partial charge in [-0.05, 0) is 31.0 Å². The van der Waals surface area contributed by atoms with E-state index in [1.165, 1.54) is 5.56 Å². The quantitative estimate of drug-likeness (QED) is 0.861. The number of hydrogen-bond donors (Lipinski definition) is 1. The highest BCUT2D eigenvalue weighted by Gasteiger charge is 2.07. The monoisotopic (exact) mass is 284 g/mol. The number of aromatic nitrogens is 1. The second-order valence-corrected chi connectivity index (χ2v) is 5.57. The molecule has 0 saturated carbocycles. The van der Waals surface area contributed by atoms with Crippen LogP contribution in [0.4, 0.5) is 0 Å². The van der Waals surface area contributed by atoms with Gasteiger partial charge in [-0.2, -0.15) is 0 Å². The first-order valence-corrected chi connectivity index (χ1v) is 7.54. The summed E-state index contributed by atoms with van der Waals surface area (Å²) in [6.45, 7) is 9.15. The molecule has 0 unspecified atom stereocenters. The predicted octanol–water partition coefficient (Wildman–Crippen LogP) is 4.24. The average molecular weight is 284 g/mol. The molecule has 3 heteroatoms. The molecule has 0 radical (unpaired) electrons. The lowest BCUT2D eigenvalue weighted by atomic mass is 10.1. The SMILES string of the molecule is CCc1ccc(Oc2cc(C)ncc2CNC(C)C)cc1. The summed E-state index contributed by atoms with van der Waals surface area (Å²) in [4.78, 5) is 4.37. The Hall–Kier alpha value is -1.87. The second-order valence-electron chi connectivity index (χ2n) is 5.57. The van der Waals surface area contributed by atoms with E-state index in [0.29, 0.717) is 6.04 Å². The molecular formula is C18H24N2O. The maximum atomic E-state index is 6.04. The number of nitrogens with zero attached hydrogens (tertiary/aromatic N) is 1. The van der Waals surface area contributed by atoms with E-state index in [1.807, 2.05) is 31.3 Å². The van der Waals surface area contributed by atoms with Crippen LogP contribution in [0.2, 0.25) is 0 Å². The van der Waals surface area contributed by atoms with E-state index in [2.05, 4.69) is 43.2 Å². The van der Waals surface area contributed by atoms with E-state index in [9.17, 15) is 0 Å². The Morgan fingerprint density at radius 1 is 1.19 bits per heavy atom. The van der Waals surface area contributed by atoms with Crippen molar-refractivity contribution in [1.82, 2.24) is 10.3 Å². The van der Waals surface area contributed by atoms with Gasteiger partial charge in [0.15, 0.2) is 0 Å². The summed E-state index contributed by atoms with van der Waals surface area (Å²) >= 11 is 0. The lowest BCUT2D eigenvalue weighted by molar-refractivity contribution is 0.467. The average Bonchev–Trinajstić information content (AvgIpc) is 2.47. The molecular weight excluding hydrogens is 260 g/mol. The minimum atomic E-state index is 0.433. The number of rotatable bonds is 6. The van der Waals surface area contributed by atoms with Crippen LogP contribution in [-0.4, -0.2) is 11.0 Å². The van der Waals surface area contributed by atoms with Crippen molar-refractivity contribution in [3.8, 4) is 11.5 Å². The van der Waals surface area contributed by atoms with Gasteiger partial charge in [0.1, 0.15) is 11.5 Å². The van der Waals surface area contributed by atoms with Gasteiger partial charge in [-0.15, -0.1) is 0 Å². The number of nitrogens with one attached hydrogen (secondary N) is 1. The van der Waals surface area contributed by atoms with Gasteiger partial charge in [0.05, 0.1) is 0 Å². The summed E-state index contributed by atoms with van der Waals surface area (Å²) in [6.07, 6.45) is 2.93. The fourth-order valence-corrected chi connectivity index (χ4v) is 2.03. The van der Waals surface area contributed by atoms with E-state index >= 15 is 0 Å². The van der Waals surface area contributed by atoms with Gasteiger partial charge in [-0.3, -0.25) is 4.98 Å². The summed E-state index contributed by atoms with van der Waals surface area (Å²) < 4.78 is 6.04. The van der Waals surface area contributed by atoms with Gasteiger partial charge >= 0.3 is 0 Å². The summed E-state index contributed by atoms with van der Waals surface area (Å²) in [7, 11) is 0. The van der Waals surface area contributed by atoms with Crippen LogP contribution in [0.25, 0.3) is 0 Å². The van der Waals surface area contributed by atoms with Gasteiger partial charge < -0.3 is 10.1 Å². The van der Waals surface area contributed by atoms with Crippen LogP contribution >= 0.6 is 0 Å². The fraction of sp³-hybridized carbons (Fsp3) is 0.389. The molecule has 0 aliphatic carbocycles. The lowest BCUT2D eigenvalue weighted by Crippen LogP contribution is -2.22. The molecule has 0 atom stereocenters. The first-order chi connectivity index (χ1) is 10.1. The van der Waals surface area contributed by atoms with Crippen LogP contribution in [0.3, 0.4) is 0 Å². The first-order valence-electron chi connectivity index (χ1n) is 7.54. The highest BCUT2D eigenvalue weighted by atomic mass is 16.5. The van der Waals surface area contributed by atoms with Crippen molar-refractivity contribution in [2.45, 2.75) is 46.7 Å². The molecule has 0 amide bonds. The van der Waals surface area contributed by atoms with Crippen molar-refractivity contribution in [3.63, 3.8) is 0 Å². The van der Waals surface area contributed by atoms with Crippen molar-refractivity contribution in [2.24, 2.45) is 0 Å². The van der Waals surface area contributed by atoms with Crippen LogP contribution in [-0.2, 0) is 13.0 Å². The third-order valence-corrected chi connectivity index (χ3v) is 3.34. The van der Waals surface area contributed by atoms with Crippen molar-refractivity contribution >= 4 is 0 Å². The maximum Gasteiger partial charge on any atom is 0.135 e. The van der Waals surface area contributed by atoms with E-state index < -0.39 is 0 Å². The number of aryl methyl sites for hydroxylation is 2. The largest absolute Gasteiger partial charge is 0.457 e. The molecule has 1 aromatic carbocycles. The van der Waals surface area contributed by atoms with Gasteiger partial charge in [-0.25, -0.2) is 0 Å². The lowest BCUT2D eigenvalue weighted by Gasteiger charge is -2.14. The molecule has 0 bridgehead atoms. The third kappa shape index (κ3) is 4.57. The van der Waals surface area contributed by atoms with E-state index in [0.717, 1.165) is 35.7 Å². The second kappa shape index (κ2) is 7.23. The van der Waals surface area contributed by atoms with Crippen LogP contribution in [0.15, 0.2) is 36.5 Å². The highest BCUT2D eigenvalue weighted by Crippen LogP contribution is 2.26. The van der Waals surface area contributed by atoms with Crippen molar-refractivity contribution in [2.75, 3.05) is 0 Å². The summed E-state index contributed by atoms with van der Waals surface area (Å²) in [5, 5.41) is 3.41. The first kappa shape index (κ1) is 15.5. The predicted molar refractivity (Wildman–Crippen MR) is 86.8 cm³/mol. The zero-order valence-corrected chi connectivity index (χ0v) is 13.3. The highest BCUT2D eigenvalue weighted by molar-refractivity contribution is 5.38. The summed E-state index contributed by atoms with van der Waals surface area (Å²) in [6, 6.07) is 10.7. The van der Waals surface area contributed by atoms with Crippen molar-refractivity contribution in [1.29, 1.82) is 0 Å². The van der Waals surface area contributed by atoms with Crippen LogP contribution in [0, 0.1) is 6.92 Å². The molecule has 1 N–H and O–H groups in total. The standard InChI is InChI=1S/C18H24N2O/c1-5-15-6-8-17(9-7-15)21-18-10-14(4)20-12-16(18)11-19-13(2)3/h6-10,12-13,19H,5,11H2,1-4H3. The van der Waals surface area contributed by atoms with Crippen LogP contribution < -0.4 is 10.1 Å². The zero-order valence-electron chi connectivity index (χ0n) is 13.3. The molecule has 2 rings (SSSR count). The minimum absolute atomic E-state index is 0.433. The Labute approximate surface area is 127 Å². The topological polar surface area (TPSA) is 34.1 Å². The Balaban J connectivity index is 2.18. The smallest absolute Gasteiger partial charge is 0.135 e. The molecule has 1 heterocycles. The zero-order chi connectivity index (χ0) is 15.2. The van der Waals surface area contributed by atoms with Crippen LogP contribution in [0.1, 0.15) is 37.6 Å². The Kier molecular flexibility index (Phi) is 5.34.